The summed E-state index contributed by atoms with van der Waals surface area (Å²) in [7, 11) is -4.89. The summed E-state index contributed by atoms with van der Waals surface area (Å²) in [5.74, 6) is -0.833. The van der Waals surface area contributed by atoms with Gasteiger partial charge in [0.1, 0.15) is 0 Å². The van der Waals surface area contributed by atoms with Crippen LogP contribution in [-0.4, -0.2) is 32.1 Å². The summed E-state index contributed by atoms with van der Waals surface area (Å²) in [5, 5.41) is 7.42. The van der Waals surface area contributed by atoms with Crippen molar-refractivity contribution in [3.05, 3.63) is 0 Å². The molecule has 0 aliphatic rings. The van der Waals surface area contributed by atoms with Crippen LogP contribution >= 0.6 is 0 Å². The summed E-state index contributed by atoms with van der Waals surface area (Å²) >= 11 is 0. The minimum absolute atomic E-state index is 0.447. The maximum absolute atomic E-state index is 11.1. The number of carbonyl (C=O) groups is 1. The lowest BCUT2D eigenvalue weighted by atomic mass is 10.9. The predicted octanol–water partition coefficient (Wildman–Crippen LogP) is 0.573. The molecule has 9 heteroatoms. The van der Waals surface area contributed by atoms with Gasteiger partial charge in [-0.25, -0.2) is 0 Å². The second-order valence-electron chi connectivity index (χ2n) is 1.59. The van der Waals surface area contributed by atoms with Gasteiger partial charge in [-0.05, 0) is 0 Å². The van der Waals surface area contributed by atoms with Crippen LogP contribution in [-0.2, 0) is 19.1 Å². The zero-order valence-electron chi connectivity index (χ0n) is 6.62. The van der Waals surface area contributed by atoms with Crippen molar-refractivity contribution < 1.29 is 35.7 Å². The molecule has 0 heterocycles. The summed E-state index contributed by atoms with van der Waals surface area (Å²) in [6.45, 7) is 1.08. The minimum atomic E-state index is -5.34. The first kappa shape index (κ1) is 14.7. The van der Waals surface area contributed by atoms with E-state index >= 15 is 0 Å². The number of halogens is 3. The van der Waals surface area contributed by atoms with Crippen LogP contribution in [0.5, 0.6) is 0 Å². The molecule has 0 rings (SSSR count). The molecule has 5 nitrogen and oxygen atoms in total. The van der Waals surface area contributed by atoms with Gasteiger partial charge in [0.25, 0.3) is 5.97 Å². The van der Waals surface area contributed by atoms with E-state index in [-0.39, 0.29) is 0 Å². The Bertz CT molecular complexity index is 249. The quantitative estimate of drug-likeness (QED) is 0.520. The van der Waals surface area contributed by atoms with E-state index in [0.717, 1.165) is 6.92 Å². The van der Waals surface area contributed by atoms with Crippen LogP contribution in [0.1, 0.15) is 6.92 Å². The third kappa shape index (κ3) is 7.53. The van der Waals surface area contributed by atoms with E-state index < -0.39 is 21.6 Å². The third-order valence-corrected chi connectivity index (χ3v) is 1.51. The average Bonchev–Trinajstić information content (AvgIpc) is 1.84. The van der Waals surface area contributed by atoms with Gasteiger partial charge in [-0.3, -0.25) is 8.98 Å². The minimum Gasteiger partial charge on any atom is -0.481 e. The topological polar surface area (TPSA) is 80.7 Å². The second kappa shape index (κ2) is 5.02. The molecule has 0 amide bonds. The number of rotatable bonds is 1. The standard InChI is InChI=1S/C2H3F3O3S.C2H4O2/c1-8-9(6,7)2(3,4)5;1-2(3)4/h1H3;1H3,(H,3,4). The molecular weight excluding hydrogens is 217 g/mol. The zero-order valence-corrected chi connectivity index (χ0v) is 7.44. The highest BCUT2D eigenvalue weighted by atomic mass is 32.2. The van der Waals surface area contributed by atoms with E-state index in [4.69, 9.17) is 9.90 Å². The summed E-state index contributed by atoms with van der Waals surface area (Å²) in [6.07, 6.45) is 0. The van der Waals surface area contributed by atoms with Gasteiger partial charge in [-0.1, -0.05) is 0 Å². The van der Waals surface area contributed by atoms with E-state index in [0.29, 0.717) is 7.11 Å². The first-order valence-electron chi connectivity index (χ1n) is 2.61. The molecule has 0 aliphatic heterocycles. The lowest BCUT2D eigenvalue weighted by Crippen LogP contribution is -2.23. The average molecular weight is 224 g/mol. The van der Waals surface area contributed by atoms with Crippen molar-refractivity contribution in [3.8, 4) is 0 Å². The maximum atomic E-state index is 11.1. The first-order valence-corrected chi connectivity index (χ1v) is 4.02. The number of aliphatic carboxylic acids is 1. The zero-order chi connectivity index (χ0) is 11.3. The Morgan fingerprint density at radius 2 is 1.62 bits per heavy atom. The van der Waals surface area contributed by atoms with Crippen molar-refractivity contribution in [3.63, 3.8) is 0 Å². The molecular formula is C4H7F3O5S. The van der Waals surface area contributed by atoms with E-state index in [9.17, 15) is 21.6 Å². The molecule has 0 aromatic heterocycles. The molecule has 1 N–H and O–H groups in total. The van der Waals surface area contributed by atoms with E-state index in [1.54, 1.807) is 0 Å². The van der Waals surface area contributed by atoms with Crippen molar-refractivity contribution in [2.75, 3.05) is 7.11 Å². The van der Waals surface area contributed by atoms with Crippen molar-refractivity contribution in [2.24, 2.45) is 0 Å². The Labute approximate surface area is 72.2 Å². The highest BCUT2D eigenvalue weighted by Crippen LogP contribution is 2.23. The largest absolute Gasteiger partial charge is 0.523 e. The summed E-state index contributed by atoms with van der Waals surface area (Å²) < 4.78 is 55.9. The number of alkyl halides is 3. The van der Waals surface area contributed by atoms with Crippen LogP contribution < -0.4 is 0 Å². The van der Waals surface area contributed by atoms with Crippen LogP contribution in [0.4, 0.5) is 13.2 Å². The molecule has 80 valence electrons. The summed E-state index contributed by atoms with van der Waals surface area (Å²) in [4.78, 5) is 9.00. The molecule has 0 aromatic carbocycles. The van der Waals surface area contributed by atoms with Crippen molar-refractivity contribution in [2.45, 2.75) is 12.4 Å². The number of carboxylic acids is 1. The molecule has 0 bridgehead atoms. The SMILES string of the molecule is CC(=O)O.COS(=O)(=O)C(F)(F)F. The Balaban J connectivity index is 0. The molecule has 13 heavy (non-hydrogen) atoms. The maximum Gasteiger partial charge on any atom is 0.523 e. The fraction of sp³-hybridized carbons (Fsp3) is 0.750. The van der Waals surface area contributed by atoms with Crippen molar-refractivity contribution >= 4 is 16.1 Å². The molecule has 0 saturated heterocycles. The fourth-order valence-corrected chi connectivity index (χ4v) is 0.283. The molecule has 0 fully saturated rings. The molecule has 0 radical (unpaired) electrons. The molecule has 0 spiro atoms. The first-order chi connectivity index (χ1) is 5.54. The highest BCUT2D eigenvalue weighted by molar-refractivity contribution is 7.87. The Kier molecular flexibility index (Phi) is 5.67. The van der Waals surface area contributed by atoms with Crippen molar-refractivity contribution in [1.82, 2.24) is 0 Å². The van der Waals surface area contributed by atoms with Crippen LogP contribution in [0.3, 0.4) is 0 Å². The van der Waals surface area contributed by atoms with Crippen LogP contribution in [0.25, 0.3) is 0 Å². The number of hydrogen-bond acceptors (Lipinski definition) is 4. The van der Waals surface area contributed by atoms with Gasteiger partial charge in [0.2, 0.25) is 0 Å². The lowest BCUT2D eigenvalue weighted by molar-refractivity contribution is -0.134. The van der Waals surface area contributed by atoms with Crippen molar-refractivity contribution in [1.29, 1.82) is 0 Å². The Morgan fingerprint density at radius 1 is 1.38 bits per heavy atom. The molecule has 0 aromatic rings. The Morgan fingerprint density at radius 3 is 1.62 bits per heavy atom. The van der Waals surface area contributed by atoms with Gasteiger partial charge in [0.05, 0.1) is 7.11 Å². The van der Waals surface area contributed by atoms with Gasteiger partial charge in [0, 0.05) is 6.92 Å². The Hall–Kier alpha value is -0.830. The van der Waals surface area contributed by atoms with E-state index in [1.165, 1.54) is 0 Å². The van der Waals surface area contributed by atoms with Gasteiger partial charge in [-0.2, -0.15) is 21.6 Å². The molecule has 0 atom stereocenters. The molecule has 0 aliphatic carbocycles. The van der Waals surface area contributed by atoms with Crippen LogP contribution in [0, 0.1) is 0 Å². The summed E-state index contributed by atoms with van der Waals surface area (Å²) in [5.41, 5.74) is -5.30. The molecule has 0 saturated carbocycles. The van der Waals surface area contributed by atoms with Crippen LogP contribution in [0.15, 0.2) is 0 Å². The van der Waals surface area contributed by atoms with Gasteiger partial charge < -0.3 is 5.11 Å². The predicted molar refractivity (Wildman–Crippen MR) is 35.3 cm³/mol. The number of hydrogen-bond donors (Lipinski definition) is 1. The second-order valence-corrected chi connectivity index (χ2v) is 3.29. The normalized spacial score (nSPS) is 11.5. The number of carboxylic acid groups (broad SMARTS) is 1. The monoisotopic (exact) mass is 224 g/mol. The fourth-order valence-electron chi connectivity index (χ4n) is 0.0945. The third-order valence-electron chi connectivity index (χ3n) is 0.503. The van der Waals surface area contributed by atoms with E-state index in [1.807, 2.05) is 0 Å². The van der Waals surface area contributed by atoms with E-state index in [2.05, 4.69) is 4.18 Å². The van der Waals surface area contributed by atoms with Crippen LogP contribution in [0.2, 0.25) is 0 Å². The van der Waals surface area contributed by atoms with Gasteiger partial charge in [-0.15, -0.1) is 0 Å². The lowest BCUT2D eigenvalue weighted by Gasteiger charge is -2.02. The summed E-state index contributed by atoms with van der Waals surface area (Å²) in [6, 6.07) is 0. The van der Waals surface area contributed by atoms with Gasteiger partial charge >= 0.3 is 15.6 Å². The van der Waals surface area contributed by atoms with Gasteiger partial charge in [0.15, 0.2) is 0 Å². The highest BCUT2D eigenvalue weighted by Gasteiger charge is 2.46. The smallest absolute Gasteiger partial charge is 0.481 e. The molecule has 0 unspecified atom stereocenters.